The Hall–Kier alpha value is -0.160. The topological polar surface area (TPSA) is 58.7 Å². The lowest BCUT2D eigenvalue weighted by atomic mass is 9.67. The first kappa shape index (κ1) is 13.3. The molecule has 4 heteroatoms. The van der Waals surface area contributed by atoms with Gasteiger partial charge in [0.05, 0.1) is 12.2 Å². The van der Waals surface area contributed by atoms with E-state index in [1.165, 1.54) is 0 Å². The molecular weight excluding hydrogens is 216 g/mol. The average molecular weight is 242 g/mol. The molecule has 0 radical (unpaired) electrons. The molecule has 0 bridgehead atoms. The van der Waals surface area contributed by atoms with E-state index < -0.39 is 5.60 Å². The van der Waals surface area contributed by atoms with Crippen molar-refractivity contribution in [3.8, 4) is 0 Å². The summed E-state index contributed by atoms with van der Waals surface area (Å²) < 4.78 is 5.51. The van der Waals surface area contributed by atoms with Crippen LogP contribution in [0.25, 0.3) is 0 Å². The highest BCUT2D eigenvalue weighted by molar-refractivity contribution is 5.03. The molecule has 17 heavy (non-hydrogen) atoms. The molecule has 4 nitrogen and oxygen atoms in total. The van der Waals surface area contributed by atoms with Gasteiger partial charge in [-0.3, -0.25) is 0 Å². The molecule has 0 spiro atoms. The number of rotatable bonds is 3. The fourth-order valence-corrected chi connectivity index (χ4v) is 3.35. The highest BCUT2D eigenvalue weighted by Crippen LogP contribution is 2.44. The maximum atomic E-state index is 11.0. The third kappa shape index (κ3) is 2.36. The van der Waals surface area contributed by atoms with Gasteiger partial charge in [0, 0.05) is 25.1 Å². The molecule has 2 atom stereocenters. The number of hydrogen-bond acceptors (Lipinski definition) is 4. The van der Waals surface area contributed by atoms with E-state index in [2.05, 4.69) is 11.8 Å². The second kappa shape index (κ2) is 5.22. The molecule has 2 aliphatic rings. The number of ether oxygens (including phenoxy) is 1. The summed E-state index contributed by atoms with van der Waals surface area (Å²) in [6.07, 6.45) is 3.67. The van der Waals surface area contributed by atoms with Crippen molar-refractivity contribution in [2.24, 2.45) is 11.1 Å². The summed E-state index contributed by atoms with van der Waals surface area (Å²) in [7, 11) is 0. The lowest BCUT2D eigenvalue weighted by molar-refractivity contribution is -0.0924. The average Bonchev–Trinajstić information content (AvgIpc) is 2.76. The van der Waals surface area contributed by atoms with Crippen molar-refractivity contribution in [3.63, 3.8) is 0 Å². The number of hydrogen-bond donors (Lipinski definition) is 2. The molecule has 0 aliphatic carbocycles. The third-order valence-electron chi connectivity index (χ3n) is 4.83. The molecule has 0 amide bonds. The van der Waals surface area contributed by atoms with Crippen molar-refractivity contribution < 1.29 is 9.84 Å². The Morgan fingerprint density at radius 1 is 1.29 bits per heavy atom. The van der Waals surface area contributed by atoms with E-state index >= 15 is 0 Å². The van der Waals surface area contributed by atoms with E-state index in [4.69, 9.17) is 10.5 Å². The van der Waals surface area contributed by atoms with Crippen LogP contribution in [0.3, 0.4) is 0 Å². The van der Waals surface area contributed by atoms with E-state index in [0.29, 0.717) is 13.2 Å². The maximum Gasteiger partial charge on any atom is 0.0751 e. The Balaban J connectivity index is 2.11. The van der Waals surface area contributed by atoms with Gasteiger partial charge in [0.2, 0.25) is 0 Å². The van der Waals surface area contributed by atoms with Gasteiger partial charge in [-0.15, -0.1) is 0 Å². The molecular formula is C13H26N2O2. The van der Waals surface area contributed by atoms with Crippen LogP contribution >= 0.6 is 0 Å². The molecule has 2 aliphatic heterocycles. The highest BCUT2D eigenvalue weighted by Gasteiger charge is 2.51. The number of likely N-dealkylation sites (tertiary alicyclic amines) is 1. The first-order valence-electron chi connectivity index (χ1n) is 6.88. The van der Waals surface area contributed by atoms with Crippen LogP contribution in [-0.2, 0) is 4.74 Å². The van der Waals surface area contributed by atoms with Crippen LogP contribution in [0.1, 0.15) is 32.6 Å². The number of nitrogens with zero attached hydrogens (tertiary/aromatic N) is 1. The summed E-state index contributed by atoms with van der Waals surface area (Å²) in [6.45, 7) is 7.25. The molecule has 2 unspecified atom stereocenters. The van der Waals surface area contributed by atoms with E-state index in [9.17, 15) is 5.11 Å². The fourth-order valence-electron chi connectivity index (χ4n) is 3.35. The standard InChI is InChI=1S/C13H26N2O2/c1-2-15-7-3-4-13(16,5-8-15)12(10-14)6-9-17-11-12/h16H,2-11,14H2,1H3. The minimum Gasteiger partial charge on any atom is -0.389 e. The molecule has 2 saturated heterocycles. The first-order valence-corrected chi connectivity index (χ1v) is 6.88. The van der Waals surface area contributed by atoms with E-state index in [1.54, 1.807) is 0 Å². The molecule has 0 saturated carbocycles. The summed E-state index contributed by atoms with van der Waals surface area (Å²) in [6, 6.07) is 0. The van der Waals surface area contributed by atoms with E-state index in [0.717, 1.165) is 51.9 Å². The molecule has 2 fully saturated rings. The highest BCUT2D eigenvalue weighted by atomic mass is 16.5. The van der Waals surface area contributed by atoms with Crippen LogP contribution in [0.2, 0.25) is 0 Å². The van der Waals surface area contributed by atoms with Gasteiger partial charge in [-0.2, -0.15) is 0 Å². The summed E-state index contributed by atoms with van der Waals surface area (Å²) in [4.78, 5) is 2.41. The first-order chi connectivity index (χ1) is 8.16. The second-order valence-electron chi connectivity index (χ2n) is 5.61. The van der Waals surface area contributed by atoms with Crippen molar-refractivity contribution in [1.29, 1.82) is 0 Å². The summed E-state index contributed by atoms with van der Waals surface area (Å²) in [5.41, 5.74) is 5.13. The molecule has 100 valence electrons. The molecule has 0 aromatic carbocycles. The van der Waals surface area contributed by atoms with Gasteiger partial charge >= 0.3 is 0 Å². The second-order valence-corrected chi connectivity index (χ2v) is 5.61. The van der Waals surface area contributed by atoms with Crippen molar-refractivity contribution in [1.82, 2.24) is 4.90 Å². The summed E-state index contributed by atoms with van der Waals surface area (Å²) in [5.74, 6) is 0. The zero-order chi connectivity index (χ0) is 12.4. The number of aliphatic hydroxyl groups is 1. The van der Waals surface area contributed by atoms with Gasteiger partial charge in [0.25, 0.3) is 0 Å². The summed E-state index contributed by atoms with van der Waals surface area (Å²) in [5, 5.41) is 11.0. The minimum atomic E-state index is -0.623. The van der Waals surface area contributed by atoms with Gasteiger partial charge in [0.15, 0.2) is 0 Å². The Labute approximate surface area is 104 Å². The van der Waals surface area contributed by atoms with Crippen molar-refractivity contribution in [2.75, 3.05) is 39.4 Å². The zero-order valence-electron chi connectivity index (χ0n) is 11.0. The Morgan fingerprint density at radius 3 is 2.71 bits per heavy atom. The largest absolute Gasteiger partial charge is 0.389 e. The Kier molecular flexibility index (Phi) is 4.08. The SMILES string of the molecule is CCN1CCCC(O)(C2(CN)CCOC2)CC1. The van der Waals surface area contributed by atoms with Crippen LogP contribution in [0, 0.1) is 5.41 Å². The monoisotopic (exact) mass is 242 g/mol. The number of nitrogens with two attached hydrogens (primary N) is 1. The van der Waals surface area contributed by atoms with Crippen molar-refractivity contribution in [2.45, 2.75) is 38.2 Å². The lowest BCUT2D eigenvalue weighted by Crippen LogP contribution is -2.53. The van der Waals surface area contributed by atoms with Crippen molar-refractivity contribution in [3.05, 3.63) is 0 Å². The van der Waals surface area contributed by atoms with Crippen LogP contribution < -0.4 is 5.73 Å². The Morgan fingerprint density at radius 2 is 2.12 bits per heavy atom. The van der Waals surface area contributed by atoms with Crippen LogP contribution in [0.4, 0.5) is 0 Å². The van der Waals surface area contributed by atoms with Gasteiger partial charge < -0.3 is 20.5 Å². The third-order valence-corrected chi connectivity index (χ3v) is 4.83. The maximum absolute atomic E-state index is 11.0. The fraction of sp³-hybridized carbons (Fsp3) is 1.00. The van der Waals surface area contributed by atoms with E-state index in [1.807, 2.05) is 0 Å². The van der Waals surface area contributed by atoms with Gasteiger partial charge in [0.1, 0.15) is 0 Å². The quantitative estimate of drug-likeness (QED) is 0.760. The van der Waals surface area contributed by atoms with Gasteiger partial charge in [-0.05, 0) is 38.8 Å². The van der Waals surface area contributed by atoms with Gasteiger partial charge in [-0.1, -0.05) is 6.92 Å². The van der Waals surface area contributed by atoms with E-state index in [-0.39, 0.29) is 5.41 Å². The van der Waals surface area contributed by atoms with Crippen LogP contribution in [0.15, 0.2) is 0 Å². The van der Waals surface area contributed by atoms with Crippen LogP contribution in [0.5, 0.6) is 0 Å². The van der Waals surface area contributed by atoms with Crippen LogP contribution in [-0.4, -0.2) is 55.0 Å². The summed E-state index contributed by atoms with van der Waals surface area (Å²) >= 11 is 0. The molecule has 0 aromatic rings. The lowest BCUT2D eigenvalue weighted by Gasteiger charge is -2.43. The molecule has 0 aromatic heterocycles. The minimum absolute atomic E-state index is 0.198. The molecule has 2 heterocycles. The predicted molar refractivity (Wildman–Crippen MR) is 67.8 cm³/mol. The smallest absolute Gasteiger partial charge is 0.0751 e. The molecule has 2 rings (SSSR count). The normalized spacial score (nSPS) is 40.4. The predicted octanol–water partition coefficient (Wildman–Crippen LogP) is 0.589. The molecule has 3 N–H and O–H groups in total. The van der Waals surface area contributed by atoms with Crippen molar-refractivity contribution >= 4 is 0 Å². The zero-order valence-corrected chi connectivity index (χ0v) is 11.0. The van der Waals surface area contributed by atoms with Gasteiger partial charge in [-0.25, -0.2) is 0 Å². The Bertz CT molecular complexity index is 254.